The van der Waals surface area contributed by atoms with Gasteiger partial charge in [-0.3, -0.25) is 24.1 Å². The van der Waals surface area contributed by atoms with Crippen LogP contribution in [0.5, 0.6) is 5.75 Å². The van der Waals surface area contributed by atoms with Gasteiger partial charge in [-0.15, -0.1) is 0 Å². The maximum absolute atomic E-state index is 11.9. The quantitative estimate of drug-likeness (QED) is 0.0823. The fourth-order valence-corrected chi connectivity index (χ4v) is 2.28. The smallest absolute Gasteiger partial charge is 0.410 e. The minimum absolute atomic E-state index is 0.113. The van der Waals surface area contributed by atoms with Crippen molar-refractivity contribution in [2.45, 2.75) is 6.42 Å². The molecule has 0 saturated carbocycles. The normalized spacial score (nSPS) is 10.0. The van der Waals surface area contributed by atoms with Gasteiger partial charge in [-0.05, 0) is 24.1 Å². The van der Waals surface area contributed by atoms with Crippen LogP contribution in [0.4, 0.5) is 14.9 Å². The molecule has 0 aliphatic heterocycles. The minimum Gasteiger partial charge on any atom is -0.410 e. The number of hydrogen-bond acceptors (Lipinski definition) is 9. The van der Waals surface area contributed by atoms with Crippen molar-refractivity contribution >= 4 is 23.6 Å². The second-order valence-electron chi connectivity index (χ2n) is 6.64. The molecule has 36 heavy (non-hydrogen) atoms. The Morgan fingerprint density at radius 1 is 1.19 bits per heavy atom. The number of nitro benzene ring substituents is 1. The Labute approximate surface area is 208 Å². The first-order chi connectivity index (χ1) is 17.7. The molecule has 2 N–H and O–H groups in total. The summed E-state index contributed by atoms with van der Waals surface area (Å²) in [5.74, 6) is -0.547. The van der Waals surface area contributed by atoms with Crippen molar-refractivity contribution in [3.63, 3.8) is 0 Å². The number of alkyl halides is 1. The van der Waals surface area contributed by atoms with E-state index in [0.717, 1.165) is 0 Å². The average Bonchev–Trinajstić information content (AvgIpc) is 2.86. The molecule has 0 bridgehead atoms. The van der Waals surface area contributed by atoms with Crippen molar-refractivity contribution in [3.8, 4) is 5.75 Å². The summed E-state index contributed by atoms with van der Waals surface area (Å²) >= 11 is 0. The van der Waals surface area contributed by atoms with E-state index >= 15 is 0 Å². The Bertz CT molecular complexity index is 888. The lowest BCUT2D eigenvalue weighted by atomic mass is 10.3. The number of hydrogen-bond donors (Lipinski definition) is 2. The molecule has 0 aliphatic rings. The number of amides is 3. The summed E-state index contributed by atoms with van der Waals surface area (Å²) in [5, 5.41) is 19.0. The van der Waals surface area contributed by atoms with Crippen LogP contribution in [0.1, 0.15) is 7.79 Å². The van der Waals surface area contributed by atoms with Crippen LogP contribution in [0.25, 0.3) is 10.4 Å². The standard InChI is InChI=1S/C19H27N7O8.CH3F/c1-25(13-17(27)21-7-2-8-23-24-20)18(28)14-33-12-11-32-10-9-22-19(29)34-16-5-3-15(4-6-16)26(30)31;1-2/h3-6H,2,7-14H2,1H3,(H,21,27)(H,22,29);1H3/i;1D. The van der Waals surface area contributed by atoms with Crippen molar-refractivity contribution in [2.24, 2.45) is 5.11 Å². The van der Waals surface area contributed by atoms with Crippen LogP contribution in [0.2, 0.25) is 0 Å². The Balaban J connectivity index is 0.00000410. The van der Waals surface area contributed by atoms with Gasteiger partial charge in [0.25, 0.3) is 5.69 Å². The number of benzene rings is 1. The Morgan fingerprint density at radius 3 is 2.50 bits per heavy atom. The molecule has 1 aromatic rings. The third-order valence-corrected chi connectivity index (χ3v) is 4.00. The average molecular weight is 517 g/mol. The molecular weight excluding hydrogens is 485 g/mol. The van der Waals surface area contributed by atoms with Gasteiger partial charge in [-0.1, -0.05) is 5.11 Å². The van der Waals surface area contributed by atoms with Gasteiger partial charge in [0.2, 0.25) is 11.8 Å². The molecule has 0 fully saturated rings. The van der Waals surface area contributed by atoms with Crippen molar-refractivity contribution in [1.29, 1.82) is 0 Å². The maximum atomic E-state index is 11.9. The number of rotatable bonds is 16. The van der Waals surface area contributed by atoms with Gasteiger partial charge in [0.05, 0.1) is 39.8 Å². The number of non-ortho nitro benzene ring substituents is 1. The highest BCUT2D eigenvalue weighted by Crippen LogP contribution is 2.17. The zero-order valence-corrected chi connectivity index (χ0v) is 19.8. The van der Waals surface area contributed by atoms with Gasteiger partial charge in [0.1, 0.15) is 12.4 Å². The molecule has 16 heteroatoms. The van der Waals surface area contributed by atoms with Crippen LogP contribution < -0.4 is 15.4 Å². The van der Waals surface area contributed by atoms with E-state index in [-0.39, 0.29) is 69.3 Å². The summed E-state index contributed by atoms with van der Waals surface area (Å²) in [6.07, 6.45) is -0.227. The molecule has 0 atom stereocenters. The fraction of sp³-hybridized carbons (Fsp3) is 0.550. The highest BCUT2D eigenvalue weighted by atomic mass is 19.1. The predicted molar refractivity (Wildman–Crippen MR) is 125 cm³/mol. The highest BCUT2D eigenvalue weighted by molar-refractivity contribution is 5.85. The van der Waals surface area contributed by atoms with E-state index in [1.807, 2.05) is 0 Å². The van der Waals surface area contributed by atoms with Crippen LogP contribution >= 0.6 is 0 Å². The van der Waals surface area contributed by atoms with Gasteiger partial charge < -0.3 is 29.7 Å². The van der Waals surface area contributed by atoms with Crippen LogP contribution in [0, 0.1) is 10.1 Å². The van der Waals surface area contributed by atoms with Crippen LogP contribution in [-0.2, 0) is 19.1 Å². The fourth-order valence-electron chi connectivity index (χ4n) is 2.28. The molecule has 0 saturated heterocycles. The zero-order valence-electron chi connectivity index (χ0n) is 20.8. The maximum Gasteiger partial charge on any atom is 0.412 e. The molecule has 0 radical (unpaired) electrons. The topological polar surface area (TPSA) is 198 Å². The van der Waals surface area contributed by atoms with Gasteiger partial charge in [0.15, 0.2) is 0 Å². The number of carbonyl (C=O) groups is 3. The van der Waals surface area contributed by atoms with E-state index in [2.05, 4.69) is 20.7 Å². The van der Waals surface area contributed by atoms with Crippen molar-refractivity contribution < 1.29 is 39.3 Å². The van der Waals surface area contributed by atoms with E-state index in [4.69, 9.17) is 21.1 Å². The van der Waals surface area contributed by atoms with E-state index in [0.29, 0.717) is 13.0 Å². The Morgan fingerprint density at radius 2 is 1.86 bits per heavy atom. The first-order valence-electron chi connectivity index (χ1n) is 11.2. The molecule has 200 valence electrons. The molecule has 15 nitrogen and oxygen atoms in total. The Hall–Kier alpha value is -4.01. The monoisotopic (exact) mass is 516 g/mol. The van der Waals surface area contributed by atoms with E-state index in [1.54, 1.807) is 0 Å². The lowest BCUT2D eigenvalue weighted by Gasteiger charge is -2.16. The van der Waals surface area contributed by atoms with Crippen LogP contribution in [-0.4, -0.2) is 94.5 Å². The van der Waals surface area contributed by atoms with Gasteiger partial charge in [-0.2, -0.15) is 0 Å². The predicted octanol–water partition coefficient (Wildman–Crippen LogP) is 1.58. The van der Waals surface area contributed by atoms with E-state index in [1.165, 1.54) is 36.2 Å². The second kappa shape index (κ2) is 20.4. The van der Waals surface area contributed by atoms with Crippen LogP contribution in [0.3, 0.4) is 0 Å². The molecular formula is C20H30FN7O8. The molecule has 0 heterocycles. The lowest BCUT2D eigenvalue weighted by molar-refractivity contribution is -0.384. The Kier molecular flexibility index (Phi) is 17.0. The van der Waals surface area contributed by atoms with Gasteiger partial charge >= 0.3 is 6.09 Å². The largest absolute Gasteiger partial charge is 0.412 e. The summed E-state index contributed by atoms with van der Waals surface area (Å²) in [4.78, 5) is 49.2. The zero-order chi connectivity index (χ0) is 27.9. The number of nitrogens with one attached hydrogen (secondary N) is 2. The molecule has 1 aromatic carbocycles. The molecule has 0 aliphatic carbocycles. The molecule has 0 aromatic heterocycles. The number of nitro groups is 1. The summed E-state index contributed by atoms with van der Waals surface area (Å²) in [6.45, 7) is 0.935. The summed E-state index contributed by atoms with van der Waals surface area (Å²) in [5.41, 5.74) is 8.04. The number of ether oxygens (including phenoxy) is 3. The molecule has 0 spiro atoms. The van der Waals surface area contributed by atoms with Gasteiger partial charge in [-0.25, -0.2) is 4.79 Å². The van der Waals surface area contributed by atoms with E-state index in [9.17, 15) is 28.9 Å². The lowest BCUT2D eigenvalue weighted by Crippen LogP contribution is -2.40. The van der Waals surface area contributed by atoms with Gasteiger partial charge in [0, 0.05) is 43.7 Å². The number of likely N-dealkylation sites (N-methyl/N-ethyl adjacent to an activating group) is 1. The summed E-state index contributed by atoms with van der Waals surface area (Å²) < 4.78 is 30.9. The van der Waals surface area contributed by atoms with Crippen molar-refractivity contribution in [1.82, 2.24) is 15.5 Å². The van der Waals surface area contributed by atoms with E-state index < -0.39 is 18.2 Å². The number of carbonyl (C=O) groups excluding carboxylic acids is 3. The number of azide groups is 1. The SMILES string of the molecule is CN(CC(=O)NCCCN=[N+]=[N-])C(=O)COCCOCCNC(=O)Oc1ccc([N+](=O)[O-])cc1.[2H]CF. The summed E-state index contributed by atoms with van der Waals surface area (Å²) in [7, 11) is 0.475. The number of nitrogens with zero attached hydrogens (tertiary/aromatic N) is 5. The highest BCUT2D eigenvalue weighted by Gasteiger charge is 2.12. The third kappa shape index (κ3) is 15.8. The third-order valence-electron chi connectivity index (χ3n) is 4.00. The van der Waals surface area contributed by atoms with Crippen molar-refractivity contribution in [3.05, 3.63) is 44.8 Å². The molecule has 3 amide bonds. The number of halogens is 1. The first kappa shape index (κ1) is 30.0. The molecule has 0 unspecified atom stereocenters. The minimum atomic E-state index is -1.00. The first-order valence-corrected chi connectivity index (χ1v) is 10.5. The second-order valence-corrected chi connectivity index (χ2v) is 6.64. The van der Waals surface area contributed by atoms with Crippen LogP contribution in [0.15, 0.2) is 29.4 Å². The summed E-state index contributed by atoms with van der Waals surface area (Å²) in [6, 6.07) is 5.07. The molecule has 1 rings (SSSR count). The van der Waals surface area contributed by atoms with Crippen molar-refractivity contribution in [2.75, 3.05) is 66.8 Å².